The van der Waals surface area contributed by atoms with Crippen molar-refractivity contribution >= 4 is 6.09 Å². The second-order valence-electron chi connectivity index (χ2n) is 5.07. The van der Waals surface area contributed by atoms with Gasteiger partial charge in [-0.2, -0.15) is 0 Å². The van der Waals surface area contributed by atoms with Gasteiger partial charge in [0.05, 0.1) is 5.60 Å². The van der Waals surface area contributed by atoms with Gasteiger partial charge in [0.1, 0.15) is 0 Å². The van der Waals surface area contributed by atoms with Crippen LogP contribution in [0.25, 0.3) is 0 Å². The molecular formula is C11H20N2O3. The number of hydrogen-bond acceptors (Lipinski definition) is 3. The van der Waals surface area contributed by atoms with E-state index < -0.39 is 11.7 Å². The van der Waals surface area contributed by atoms with E-state index in [-0.39, 0.29) is 0 Å². The van der Waals surface area contributed by atoms with E-state index in [2.05, 4.69) is 5.32 Å². The normalized spacial score (nSPS) is 24.4. The highest BCUT2D eigenvalue weighted by Gasteiger charge is 2.34. The Hall–Kier alpha value is -0.810. The standard InChI is InChI=1S/C11H20N2O3/c14-10(15)13-5-3-11(16,4-6-13)8-12-7-9-1-2-9/h9,12,16H,1-8H2,(H,14,15). The SMILES string of the molecule is O=C(O)N1CCC(O)(CNCC2CC2)CC1. The molecule has 0 unspecified atom stereocenters. The molecule has 16 heavy (non-hydrogen) atoms. The summed E-state index contributed by atoms with van der Waals surface area (Å²) < 4.78 is 0. The van der Waals surface area contributed by atoms with Crippen LogP contribution in [-0.4, -0.2) is 53.0 Å². The topological polar surface area (TPSA) is 72.8 Å². The van der Waals surface area contributed by atoms with E-state index in [1.807, 2.05) is 0 Å². The molecule has 0 atom stereocenters. The third-order valence-corrected chi connectivity index (χ3v) is 3.55. The Kier molecular flexibility index (Phi) is 3.35. The Bertz CT molecular complexity index is 258. The number of aliphatic hydroxyl groups is 1. The lowest BCUT2D eigenvalue weighted by Gasteiger charge is -2.37. The average molecular weight is 228 g/mol. The molecule has 1 saturated heterocycles. The van der Waals surface area contributed by atoms with E-state index in [9.17, 15) is 9.90 Å². The number of nitrogens with zero attached hydrogens (tertiary/aromatic N) is 1. The number of amides is 1. The lowest BCUT2D eigenvalue weighted by Crippen LogP contribution is -2.51. The third-order valence-electron chi connectivity index (χ3n) is 3.55. The zero-order chi connectivity index (χ0) is 11.6. The van der Waals surface area contributed by atoms with Gasteiger partial charge in [0.15, 0.2) is 0 Å². The van der Waals surface area contributed by atoms with Crippen LogP contribution in [0.2, 0.25) is 0 Å². The van der Waals surface area contributed by atoms with Crippen LogP contribution in [-0.2, 0) is 0 Å². The first-order valence-corrected chi connectivity index (χ1v) is 6.00. The number of hydrogen-bond donors (Lipinski definition) is 3. The van der Waals surface area contributed by atoms with E-state index in [1.165, 1.54) is 17.7 Å². The number of nitrogens with one attached hydrogen (secondary N) is 1. The largest absolute Gasteiger partial charge is 0.465 e. The minimum Gasteiger partial charge on any atom is -0.465 e. The molecule has 0 aromatic carbocycles. The molecule has 2 aliphatic rings. The van der Waals surface area contributed by atoms with Crippen molar-refractivity contribution in [3.05, 3.63) is 0 Å². The van der Waals surface area contributed by atoms with Crippen molar-refractivity contribution in [3.8, 4) is 0 Å². The first-order chi connectivity index (χ1) is 7.59. The first-order valence-electron chi connectivity index (χ1n) is 6.00. The molecule has 5 nitrogen and oxygen atoms in total. The minimum atomic E-state index is -0.881. The Morgan fingerprint density at radius 3 is 2.50 bits per heavy atom. The molecule has 0 aromatic heterocycles. The van der Waals surface area contributed by atoms with Crippen molar-refractivity contribution in [2.75, 3.05) is 26.2 Å². The molecule has 0 radical (unpaired) electrons. The van der Waals surface area contributed by atoms with Crippen LogP contribution in [0.5, 0.6) is 0 Å². The number of piperidine rings is 1. The van der Waals surface area contributed by atoms with E-state index >= 15 is 0 Å². The van der Waals surface area contributed by atoms with Crippen molar-refractivity contribution in [2.24, 2.45) is 5.92 Å². The number of carboxylic acid groups (broad SMARTS) is 1. The van der Waals surface area contributed by atoms with Crippen LogP contribution in [0.3, 0.4) is 0 Å². The molecule has 0 aromatic rings. The predicted octanol–water partition coefficient (Wildman–Crippen LogP) is 0.491. The Balaban J connectivity index is 1.69. The van der Waals surface area contributed by atoms with Gasteiger partial charge in [-0.25, -0.2) is 4.79 Å². The van der Waals surface area contributed by atoms with Crippen LogP contribution in [0.15, 0.2) is 0 Å². The molecular weight excluding hydrogens is 208 g/mol. The van der Waals surface area contributed by atoms with Crippen LogP contribution < -0.4 is 5.32 Å². The highest BCUT2D eigenvalue weighted by Crippen LogP contribution is 2.28. The molecule has 1 aliphatic heterocycles. The quantitative estimate of drug-likeness (QED) is 0.655. The zero-order valence-electron chi connectivity index (χ0n) is 9.48. The molecule has 1 saturated carbocycles. The average Bonchev–Trinajstić information content (AvgIpc) is 3.02. The molecule has 1 amide bonds. The van der Waals surface area contributed by atoms with Crippen molar-refractivity contribution < 1.29 is 15.0 Å². The maximum absolute atomic E-state index is 10.7. The first kappa shape index (κ1) is 11.7. The van der Waals surface area contributed by atoms with E-state index in [0.29, 0.717) is 32.5 Å². The summed E-state index contributed by atoms with van der Waals surface area (Å²) in [7, 11) is 0. The van der Waals surface area contributed by atoms with Gasteiger partial charge >= 0.3 is 6.09 Å². The second kappa shape index (κ2) is 4.59. The minimum absolute atomic E-state index is 0.441. The maximum Gasteiger partial charge on any atom is 0.407 e. The molecule has 3 N–H and O–H groups in total. The smallest absolute Gasteiger partial charge is 0.407 e. The van der Waals surface area contributed by atoms with Crippen molar-refractivity contribution in [1.82, 2.24) is 10.2 Å². The van der Waals surface area contributed by atoms with E-state index in [4.69, 9.17) is 5.11 Å². The summed E-state index contributed by atoms with van der Waals surface area (Å²) in [5, 5.41) is 22.3. The van der Waals surface area contributed by atoms with Gasteiger partial charge < -0.3 is 20.4 Å². The summed E-state index contributed by atoms with van der Waals surface area (Å²) in [6.45, 7) is 2.47. The monoisotopic (exact) mass is 228 g/mol. The molecule has 2 fully saturated rings. The second-order valence-corrected chi connectivity index (χ2v) is 5.07. The molecule has 1 heterocycles. The van der Waals surface area contributed by atoms with Gasteiger partial charge in [-0.05, 0) is 38.1 Å². The van der Waals surface area contributed by atoms with Crippen LogP contribution in [0.1, 0.15) is 25.7 Å². The summed E-state index contributed by atoms with van der Waals surface area (Å²) in [5.41, 5.74) is -0.708. The maximum atomic E-state index is 10.7. The molecule has 1 aliphatic carbocycles. The molecule has 2 rings (SSSR count). The Morgan fingerprint density at radius 2 is 2.00 bits per heavy atom. The number of rotatable bonds is 4. The number of carbonyl (C=O) groups is 1. The van der Waals surface area contributed by atoms with Gasteiger partial charge in [-0.1, -0.05) is 0 Å². The fourth-order valence-corrected chi connectivity index (χ4v) is 2.12. The van der Waals surface area contributed by atoms with Crippen molar-refractivity contribution in [3.63, 3.8) is 0 Å². The van der Waals surface area contributed by atoms with Crippen molar-refractivity contribution in [2.45, 2.75) is 31.3 Å². The Morgan fingerprint density at radius 1 is 1.38 bits per heavy atom. The van der Waals surface area contributed by atoms with Crippen LogP contribution >= 0.6 is 0 Å². The lowest BCUT2D eigenvalue weighted by atomic mass is 9.91. The lowest BCUT2D eigenvalue weighted by molar-refractivity contribution is -0.0155. The summed E-state index contributed by atoms with van der Waals surface area (Å²) in [6.07, 6.45) is 2.80. The predicted molar refractivity (Wildman–Crippen MR) is 59.4 cm³/mol. The summed E-state index contributed by atoms with van der Waals surface area (Å²) in [4.78, 5) is 12.1. The molecule has 0 spiro atoms. The Labute approximate surface area is 95.4 Å². The van der Waals surface area contributed by atoms with Gasteiger partial charge in [-0.15, -0.1) is 0 Å². The van der Waals surface area contributed by atoms with Crippen LogP contribution in [0.4, 0.5) is 4.79 Å². The van der Waals surface area contributed by atoms with Crippen molar-refractivity contribution in [1.29, 1.82) is 0 Å². The summed E-state index contributed by atoms with van der Waals surface area (Å²) >= 11 is 0. The van der Waals surface area contributed by atoms with Gasteiger partial charge in [0.25, 0.3) is 0 Å². The van der Waals surface area contributed by atoms with E-state index in [0.717, 1.165) is 12.5 Å². The summed E-state index contributed by atoms with van der Waals surface area (Å²) in [5.74, 6) is 0.808. The van der Waals surface area contributed by atoms with Gasteiger partial charge in [0, 0.05) is 19.6 Å². The van der Waals surface area contributed by atoms with Gasteiger partial charge in [0.2, 0.25) is 0 Å². The highest BCUT2D eigenvalue weighted by atomic mass is 16.4. The third kappa shape index (κ3) is 3.09. The zero-order valence-corrected chi connectivity index (χ0v) is 9.48. The highest BCUT2D eigenvalue weighted by molar-refractivity contribution is 5.65. The molecule has 0 bridgehead atoms. The van der Waals surface area contributed by atoms with Crippen LogP contribution in [0, 0.1) is 5.92 Å². The number of likely N-dealkylation sites (tertiary alicyclic amines) is 1. The van der Waals surface area contributed by atoms with Gasteiger partial charge in [-0.3, -0.25) is 0 Å². The molecule has 92 valence electrons. The fourth-order valence-electron chi connectivity index (χ4n) is 2.12. The summed E-state index contributed by atoms with van der Waals surface area (Å²) in [6, 6.07) is 0. The molecule has 5 heteroatoms. The van der Waals surface area contributed by atoms with E-state index in [1.54, 1.807) is 0 Å². The fraction of sp³-hybridized carbons (Fsp3) is 0.909.